The third kappa shape index (κ3) is 2.70. The first kappa shape index (κ1) is 12.8. The summed E-state index contributed by atoms with van der Waals surface area (Å²) in [5.74, 6) is 0.845. The highest BCUT2D eigenvalue weighted by molar-refractivity contribution is 7.13. The van der Waals surface area contributed by atoms with Crippen LogP contribution in [0.25, 0.3) is 10.8 Å². The van der Waals surface area contributed by atoms with Crippen molar-refractivity contribution in [3.63, 3.8) is 0 Å². The molecule has 1 N–H and O–H groups in total. The van der Waals surface area contributed by atoms with Crippen molar-refractivity contribution in [3.8, 4) is 10.8 Å². The summed E-state index contributed by atoms with van der Waals surface area (Å²) >= 11 is 1.55. The van der Waals surface area contributed by atoms with Gasteiger partial charge < -0.3 is 9.84 Å². The van der Waals surface area contributed by atoms with E-state index in [1.54, 1.807) is 17.4 Å². The molecule has 0 amide bonds. The fourth-order valence-corrected chi connectivity index (χ4v) is 2.47. The molecule has 0 aliphatic rings. The van der Waals surface area contributed by atoms with Gasteiger partial charge in [0, 0.05) is 5.69 Å². The SMILES string of the molecule is Cc1cc(F)ccc1NCc1noc(-c2cccs2)n1. The second-order valence-electron chi connectivity index (χ2n) is 4.31. The van der Waals surface area contributed by atoms with Crippen LogP contribution >= 0.6 is 11.3 Å². The molecule has 0 bridgehead atoms. The van der Waals surface area contributed by atoms with Crippen molar-refractivity contribution in [2.45, 2.75) is 13.5 Å². The van der Waals surface area contributed by atoms with Crippen molar-refractivity contribution in [2.75, 3.05) is 5.32 Å². The summed E-state index contributed by atoms with van der Waals surface area (Å²) in [6, 6.07) is 8.46. The molecule has 20 heavy (non-hydrogen) atoms. The van der Waals surface area contributed by atoms with Crippen LogP contribution < -0.4 is 5.32 Å². The first-order chi connectivity index (χ1) is 9.72. The van der Waals surface area contributed by atoms with E-state index in [9.17, 15) is 4.39 Å². The van der Waals surface area contributed by atoms with Gasteiger partial charge in [0.15, 0.2) is 5.82 Å². The summed E-state index contributed by atoms with van der Waals surface area (Å²) in [6.07, 6.45) is 0. The van der Waals surface area contributed by atoms with E-state index in [0.29, 0.717) is 18.3 Å². The van der Waals surface area contributed by atoms with Crippen LogP contribution in [0.3, 0.4) is 0 Å². The van der Waals surface area contributed by atoms with E-state index < -0.39 is 0 Å². The van der Waals surface area contributed by atoms with Gasteiger partial charge in [-0.25, -0.2) is 4.39 Å². The number of hydrogen-bond donors (Lipinski definition) is 1. The van der Waals surface area contributed by atoms with Gasteiger partial charge >= 0.3 is 0 Å². The molecule has 2 heterocycles. The first-order valence-electron chi connectivity index (χ1n) is 6.09. The average Bonchev–Trinajstić information content (AvgIpc) is 3.08. The van der Waals surface area contributed by atoms with Gasteiger partial charge in [0.2, 0.25) is 0 Å². The van der Waals surface area contributed by atoms with Crippen molar-refractivity contribution >= 4 is 17.0 Å². The van der Waals surface area contributed by atoms with Crippen molar-refractivity contribution in [1.82, 2.24) is 10.1 Å². The maximum Gasteiger partial charge on any atom is 0.268 e. The van der Waals surface area contributed by atoms with Crippen LogP contribution in [0.1, 0.15) is 11.4 Å². The monoisotopic (exact) mass is 289 g/mol. The number of hydrogen-bond acceptors (Lipinski definition) is 5. The molecule has 0 spiro atoms. The Bertz CT molecular complexity index is 709. The molecule has 6 heteroatoms. The molecular formula is C14H12FN3OS. The normalized spacial score (nSPS) is 10.7. The number of aromatic nitrogens is 2. The Morgan fingerprint density at radius 3 is 3.00 bits per heavy atom. The highest BCUT2D eigenvalue weighted by Crippen LogP contribution is 2.23. The summed E-state index contributed by atoms with van der Waals surface area (Å²) in [5, 5.41) is 9.04. The molecule has 2 aromatic heterocycles. The topological polar surface area (TPSA) is 51.0 Å². The zero-order valence-electron chi connectivity index (χ0n) is 10.8. The maximum absolute atomic E-state index is 13.0. The summed E-state index contributed by atoms with van der Waals surface area (Å²) < 4.78 is 18.2. The van der Waals surface area contributed by atoms with E-state index >= 15 is 0 Å². The molecule has 0 unspecified atom stereocenters. The fraction of sp³-hybridized carbons (Fsp3) is 0.143. The summed E-state index contributed by atoms with van der Waals surface area (Å²) in [4.78, 5) is 5.26. The minimum Gasteiger partial charge on any atom is -0.377 e. The lowest BCUT2D eigenvalue weighted by Crippen LogP contribution is -2.02. The number of halogens is 1. The smallest absolute Gasteiger partial charge is 0.268 e. The third-order valence-corrected chi connectivity index (χ3v) is 3.68. The van der Waals surface area contributed by atoms with E-state index in [1.165, 1.54) is 12.1 Å². The van der Waals surface area contributed by atoms with Crippen LogP contribution in [-0.4, -0.2) is 10.1 Å². The molecule has 1 aromatic carbocycles. The van der Waals surface area contributed by atoms with Gasteiger partial charge in [0.25, 0.3) is 5.89 Å². The summed E-state index contributed by atoms with van der Waals surface area (Å²) in [6.45, 7) is 2.28. The van der Waals surface area contributed by atoms with Crippen LogP contribution in [0.15, 0.2) is 40.2 Å². The predicted molar refractivity (Wildman–Crippen MR) is 76.1 cm³/mol. The van der Waals surface area contributed by atoms with E-state index in [1.807, 2.05) is 24.4 Å². The molecule has 0 fully saturated rings. The molecule has 0 saturated carbocycles. The van der Waals surface area contributed by atoms with E-state index in [4.69, 9.17) is 4.52 Å². The lowest BCUT2D eigenvalue weighted by atomic mass is 10.2. The van der Waals surface area contributed by atoms with Gasteiger partial charge in [0.05, 0.1) is 11.4 Å². The lowest BCUT2D eigenvalue weighted by Gasteiger charge is -2.06. The molecule has 4 nitrogen and oxygen atoms in total. The quantitative estimate of drug-likeness (QED) is 0.792. The van der Waals surface area contributed by atoms with Crippen LogP contribution in [0.2, 0.25) is 0 Å². The van der Waals surface area contributed by atoms with Crippen molar-refractivity contribution in [2.24, 2.45) is 0 Å². The van der Waals surface area contributed by atoms with E-state index in [0.717, 1.165) is 16.1 Å². The molecule has 0 atom stereocenters. The molecule has 3 rings (SSSR count). The van der Waals surface area contributed by atoms with Gasteiger partial charge in [-0.2, -0.15) is 4.98 Å². The van der Waals surface area contributed by atoms with Crippen LogP contribution in [0.4, 0.5) is 10.1 Å². The number of rotatable bonds is 4. The zero-order chi connectivity index (χ0) is 13.9. The van der Waals surface area contributed by atoms with Crippen molar-refractivity contribution < 1.29 is 8.91 Å². The van der Waals surface area contributed by atoms with Gasteiger partial charge in [-0.15, -0.1) is 11.3 Å². The number of thiophene rings is 1. The Balaban J connectivity index is 1.70. The van der Waals surface area contributed by atoms with Crippen LogP contribution in [0.5, 0.6) is 0 Å². The van der Waals surface area contributed by atoms with Gasteiger partial charge in [-0.3, -0.25) is 0 Å². The highest BCUT2D eigenvalue weighted by atomic mass is 32.1. The minimum absolute atomic E-state index is 0.243. The van der Waals surface area contributed by atoms with Gasteiger partial charge in [-0.05, 0) is 42.1 Å². The second-order valence-corrected chi connectivity index (χ2v) is 5.25. The van der Waals surface area contributed by atoms with E-state index in [2.05, 4.69) is 15.5 Å². The fourth-order valence-electron chi connectivity index (χ4n) is 1.83. The van der Waals surface area contributed by atoms with Crippen molar-refractivity contribution in [1.29, 1.82) is 0 Å². The number of nitrogens with one attached hydrogen (secondary N) is 1. The summed E-state index contributed by atoms with van der Waals surface area (Å²) in [7, 11) is 0. The second kappa shape index (κ2) is 5.42. The largest absolute Gasteiger partial charge is 0.377 e. The average molecular weight is 289 g/mol. The van der Waals surface area contributed by atoms with Gasteiger partial charge in [-0.1, -0.05) is 11.2 Å². The molecule has 0 saturated heterocycles. The maximum atomic E-state index is 13.0. The lowest BCUT2D eigenvalue weighted by molar-refractivity contribution is 0.424. The molecule has 0 aliphatic heterocycles. The number of benzene rings is 1. The number of nitrogens with zero attached hydrogens (tertiary/aromatic N) is 2. The Hall–Kier alpha value is -2.21. The van der Waals surface area contributed by atoms with Crippen LogP contribution in [0, 0.1) is 12.7 Å². The Morgan fingerprint density at radius 2 is 2.25 bits per heavy atom. The Morgan fingerprint density at radius 1 is 1.35 bits per heavy atom. The predicted octanol–water partition coefficient (Wildman–Crippen LogP) is 3.86. The molecule has 3 aromatic rings. The van der Waals surface area contributed by atoms with E-state index in [-0.39, 0.29) is 5.82 Å². The molecular weight excluding hydrogens is 277 g/mol. The van der Waals surface area contributed by atoms with Crippen molar-refractivity contribution in [3.05, 3.63) is 52.9 Å². The molecule has 0 radical (unpaired) electrons. The van der Waals surface area contributed by atoms with Crippen LogP contribution in [-0.2, 0) is 6.54 Å². The standard InChI is InChI=1S/C14H12FN3OS/c1-9-7-10(15)4-5-11(9)16-8-13-17-14(19-18-13)12-3-2-6-20-12/h2-7,16H,8H2,1H3. The molecule has 0 aliphatic carbocycles. The zero-order valence-corrected chi connectivity index (χ0v) is 11.6. The number of anilines is 1. The highest BCUT2D eigenvalue weighted by Gasteiger charge is 2.09. The number of aryl methyl sites for hydroxylation is 1. The first-order valence-corrected chi connectivity index (χ1v) is 6.97. The third-order valence-electron chi connectivity index (χ3n) is 2.83. The van der Waals surface area contributed by atoms with Gasteiger partial charge in [0.1, 0.15) is 5.82 Å². The molecule has 102 valence electrons. The minimum atomic E-state index is -0.243. The Labute approximate surface area is 119 Å². The Kier molecular flexibility index (Phi) is 3.47. The summed E-state index contributed by atoms with van der Waals surface area (Å²) in [5.41, 5.74) is 1.70.